The van der Waals surface area contributed by atoms with Crippen LogP contribution in [0, 0.1) is 0 Å². The second-order valence-electron chi connectivity index (χ2n) is 7.25. The lowest BCUT2D eigenvalue weighted by atomic mass is 10.2. The maximum absolute atomic E-state index is 12.6. The number of nitrogens with zero attached hydrogens (tertiary/aromatic N) is 3. The van der Waals surface area contributed by atoms with E-state index in [0.717, 1.165) is 33.2 Å². The largest absolute Gasteiger partial charge is 0.335 e. The Balaban J connectivity index is 1.29. The number of carbonyl (C=O) groups excluding carboxylic acids is 1. The molecule has 0 unspecified atom stereocenters. The summed E-state index contributed by atoms with van der Waals surface area (Å²) in [4.78, 5) is 39.5. The minimum Gasteiger partial charge on any atom is -0.335 e. The van der Waals surface area contributed by atoms with E-state index in [-0.39, 0.29) is 11.5 Å². The molecule has 1 aromatic carbocycles. The molecule has 1 aliphatic rings. The molecular formula is C22H20N4O2S2. The van der Waals surface area contributed by atoms with E-state index in [4.69, 9.17) is 4.98 Å². The minimum absolute atomic E-state index is 0.0973. The van der Waals surface area contributed by atoms with Gasteiger partial charge in [0.2, 0.25) is 0 Å². The average Bonchev–Trinajstić information content (AvgIpc) is 3.45. The van der Waals surface area contributed by atoms with Gasteiger partial charge >= 0.3 is 0 Å². The van der Waals surface area contributed by atoms with Crippen molar-refractivity contribution in [1.29, 1.82) is 0 Å². The molecule has 1 amide bonds. The van der Waals surface area contributed by atoms with Crippen molar-refractivity contribution in [3.05, 3.63) is 75.0 Å². The SMILES string of the molecule is O=C(c1cccs1)N1CCN(Cc2nc3sc(-c4ccccc4)cc3c(=O)[nH]2)CC1. The van der Waals surface area contributed by atoms with E-state index in [2.05, 4.69) is 9.88 Å². The summed E-state index contributed by atoms with van der Waals surface area (Å²) in [7, 11) is 0. The number of piperazine rings is 1. The maximum atomic E-state index is 12.6. The molecule has 1 fully saturated rings. The molecule has 0 spiro atoms. The normalized spacial score (nSPS) is 15.0. The van der Waals surface area contributed by atoms with Crippen LogP contribution in [0.15, 0.2) is 58.7 Å². The van der Waals surface area contributed by atoms with Crippen molar-refractivity contribution >= 4 is 38.8 Å². The second-order valence-corrected chi connectivity index (χ2v) is 9.23. The highest BCUT2D eigenvalue weighted by molar-refractivity contribution is 7.21. The zero-order valence-electron chi connectivity index (χ0n) is 16.2. The highest BCUT2D eigenvalue weighted by Gasteiger charge is 2.23. The van der Waals surface area contributed by atoms with E-state index >= 15 is 0 Å². The number of amides is 1. The Morgan fingerprint density at radius 3 is 2.60 bits per heavy atom. The number of hydrogen-bond acceptors (Lipinski definition) is 6. The van der Waals surface area contributed by atoms with Gasteiger partial charge in [-0.05, 0) is 23.1 Å². The predicted molar refractivity (Wildman–Crippen MR) is 121 cm³/mol. The molecule has 4 aromatic rings. The molecule has 0 saturated carbocycles. The molecule has 0 radical (unpaired) electrons. The fraction of sp³-hybridized carbons (Fsp3) is 0.227. The molecule has 30 heavy (non-hydrogen) atoms. The van der Waals surface area contributed by atoms with Crippen molar-refractivity contribution in [1.82, 2.24) is 19.8 Å². The van der Waals surface area contributed by atoms with Gasteiger partial charge in [-0.1, -0.05) is 36.4 Å². The second kappa shape index (κ2) is 8.14. The summed E-state index contributed by atoms with van der Waals surface area (Å²) in [5.41, 5.74) is 0.993. The first-order valence-corrected chi connectivity index (χ1v) is 11.5. The molecule has 3 aromatic heterocycles. The van der Waals surface area contributed by atoms with E-state index in [9.17, 15) is 9.59 Å². The Hall–Kier alpha value is -2.81. The van der Waals surface area contributed by atoms with Crippen LogP contribution in [0.1, 0.15) is 15.5 Å². The van der Waals surface area contributed by atoms with Gasteiger partial charge in [0.15, 0.2) is 0 Å². The van der Waals surface area contributed by atoms with Crippen molar-refractivity contribution in [3.63, 3.8) is 0 Å². The number of fused-ring (bicyclic) bond motifs is 1. The molecule has 4 heterocycles. The predicted octanol–water partition coefficient (Wildman–Crippen LogP) is 3.67. The van der Waals surface area contributed by atoms with E-state index in [1.807, 2.05) is 58.8 Å². The zero-order chi connectivity index (χ0) is 20.5. The molecule has 1 saturated heterocycles. The summed E-state index contributed by atoms with van der Waals surface area (Å²) in [6.07, 6.45) is 0. The molecule has 5 rings (SSSR count). The minimum atomic E-state index is -0.0973. The van der Waals surface area contributed by atoms with E-state index in [0.29, 0.717) is 30.8 Å². The number of thiophene rings is 2. The van der Waals surface area contributed by atoms with Crippen LogP contribution >= 0.6 is 22.7 Å². The van der Waals surface area contributed by atoms with Crippen LogP contribution in [0.2, 0.25) is 0 Å². The quantitative estimate of drug-likeness (QED) is 0.530. The zero-order valence-corrected chi connectivity index (χ0v) is 17.8. The van der Waals surface area contributed by atoms with E-state index in [1.165, 1.54) is 11.3 Å². The molecule has 1 aliphatic heterocycles. The Morgan fingerprint density at radius 2 is 1.87 bits per heavy atom. The lowest BCUT2D eigenvalue weighted by Gasteiger charge is -2.34. The molecule has 6 nitrogen and oxygen atoms in total. The van der Waals surface area contributed by atoms with Gasteiger partial charge in [0.25, 0.3) is 11.5 Å². The molecule has 0 atom stereocenters. The third kappa shape index (κ3) is 3.81. The standard InChI is InChI=1S/C22H20N4O2S2/c27-20-16-13-18(15-5-2-1-3-6-15)30-21(16)24-19(23-20)14-25-8-10-26(11-9-25)22(28)17-7-4-12-29-17/h1-7,12-13H,8-11,14H2,(H,23,24,27). The van der Waals surface area contributed by atoms with Crippen molar-refractivity contribution in [2.24, 2.45) is 0 Å². The molecule has 1 N–H and O–H groups in total. The lowest BCUT2D eigenvalue weighted by Crippen LogP contribution is -2.48. The lowest BCUT2D eigenvalue weighted by molar-refractivity contribution is 0.0630. The van der Waals surface area contributed by atoms with Crippen LogP contribution in [-0.4, -0.2) is 51.9 Å². The molecule has 0 aliphatic carbocycles. The summed E-state index contributed by atoms with van der Waals surface area (Å²) in [5.74, 6) is 0.775. The fourth-order valence-corrected chi connectivity index (χ4v) is 5.42. The summed E-state index contributed by atoms with van der Waals surface area (Å²) in [6.45, 7) is 3.46. The number of aromatic nitrogens is 2. The Morgan fingerprint density at radius 1 is 1.07 bits per heavy atom. The van der Waals surface area contributed by atoms with Crippen molar-refractivity contribution in [2.45, 2.75) is 6.54 Å². The van der Waals surface area contributed by atoms with Gasteiger partial charge < -0.3 is 9.88 Å². The Labute approximate surface area is 181 Å². The van der Waals surface area contributed by atoms with Crippen LogP contribution in [0.4, 0.5) is 0 Å². The maximum Gasteiger partial charge on any atom is 0.264 e. The van der Waals surface area contributed by atoms with Gasteiger partial charge in [-0.15, -0.1) is 22.7 Å². The fourth-order valence-electron chi connectivity index (χ4n) is 3.67. The van der Waals surface area contributed by atoms with Crippen molar-refractivity contribution < 1.29 is 4.79 Å². The number of benzene rings is 1. The Bertz CT molecular complexity index is 1220. The van der Waals surface area contributed by atoms with Crippen molar-refractivity contribution in [2.75, 3.05) is 26.2 Å². The topological polar surface area (TPSA) is 69.3 Å². The molecule has 152 valence electrons. The summed E-state index contributed by atoms with van der Waals surface area (Å²) >= 11 is 3.02. The molecular weight excluding hydrogens is 416 g/mol. The highest BCUT2D eigenvalue weighted by Crippen LogP contribution is 2.30. The molecule has 8 heteroatoms. The first-order chi connectivity index (χ1) is 14.7. The van der Waals surface area contributed by atoms with Gasteiger partial charge in [-0.25, -0.2) is 4.98 Å². The van der Waals surface area contributed by atoms with Crippen LogP contribution in [0.25, 0.3) is 20.7 Å². The van der Waals surface area contributed by atoms with E-state index in [1.54, 1.807) is 11.3 Å². The van der Waals surface area contributed by atoms with E-state index < -0.39 is 0 Å². The van der Waals surface area contributed by atoms with Gasteiger partial charge in [0.1, 0.15) is 10.7 Å². The number of H-pyrrole nitrogens is 1. The van der Waals surface area contributed by atoms with Crippen LogP contribution in [0.5, 0.6) is 0 Å². The molecule has 0 bridgehead atoms. The van der Waals surface area contributed by atoms with Gasteiger partial charge in [0.05, 0.1) is 16.8 Å². The van der Waals surface area contributed by atoms with Gasteiger partial charge in [-0.3, -0.25) is 14.5 Å². The number of nitrogens with one attached hydrogen (secondary N) is 1. The van der Waals surface area contributed by atoms with Crippen molar-refractivity contribution in [3.8, 4) is 10.4 Å². The van der Waals surface area contributed by atoms with Gasteiger partial charge in [-0.2, -0.15) is 0 Å². The third-order valence-corrected chi connectivity index (χ3v) is 7.21. The van der Waals surface area contributed by atoms with Gasteiger partial charge in [0, 0.05) is 31.1 Å². The average molecular weight is 437 g/mol. The number of hydrogen-bond donors (Lipinski definition) is 1. The van der Waals surface area contributed by atoms with Crippen LogP contribution < -0.4 is 5.56 Å². The summed E-state index contributed by atoms with van der Waals surface area (Å²) < 4.78 is 0. The Kier molecular flexibility index (Phi) is 5.20. The monoisotopic (exact) mass is 436 g/mol. The third-order valence-electron chi connectivity index (χ3n) is 5.27. The highest BCUT2D eigenvalue weighted by atomic mass is 32.1. The number of carbonyl (C=O) groups is 1. The summed E-state index contributed by atoms with van der Waals surface area (Å²) in [5, 5.41) is 2.56. The first-order valence-electron chi connectivity index (χ1n) is 9.81. The van der Waals surface area contributed by atoms with Crippen LogP contribution in [0.3, 0.4) is 0 Å². The number of rotatable bonds is 4. The smallest absolute Gasteiger partial charge is 0.264 e. The summed E-state index contributed by atoms with van der Waals surface area (Å²) in [6, 6.07) is 15.7. The van der Waals surface area contributed by atoms with Crippen LogP contribution in [-0.2, 0) is 6.54 Å². The number of aromatic amines is 1. The first kappa shape index (κ1) is 19.2.